The van der Waals surface area contributed by atoms with Gasteiger partial charge in [-0.1, -0.05) is 19.8 Å². The van der Waals surface area contributed by atoms with Crippen molar-refractivity contribution < 1.29 is 4.79 Å². The van der Waals surface area contributed by atoms with Crippen LogP contribution in [-0.4, -0.2) is 29.4 Å². The molecule has 0 radical (unpaired) electrons. The first-order valence-electron chi connectivity index (χ1n) is 6.62. The maximum atomic E-state index is 12.2. The van der Waals surface area contributed by atoms with E-state index in [0.717, 1.165) is 31.7 Å². The van der Waals surface area contributed by atoms with Crippen LogP contribution in [0.2, 0.25) is 0 Å². The van der Waals surface area contributed by atoms with E-state index >= 15 is 0 Å². The van der Waals surface area contributed by atoms with E-state index < -0.39 is 0 Å². The fourth-order valence-electron chi connectivity index (χ4n) is 1.89. The smallest absolute Gasteiger partial charge is 0.239 e. The monoisotopic (exact) mass is 226 g/mol. The van der Waals surface area contributed by atoms with Gasteiger partial charge in [-0.3, -0.25) is 4.79 Å². The second-order valence-electron chi connectivity index (χ2n) is 5.28. The summed E-state index contributed by atoms with van der Waals surface area (Å²) in [5.41, 5.74) is 5.95. The van der Waals surface area contributed by atoms with Crippen molar-refractivity contribution in [3.63, 3.8) is 0 Å². The molecular weight excluding hydrogens is 200 g/mol. The first-order valence-corrected chi connectivity index (χ1v) is 6.62. The van der Waals surface area contributed by atoms with Crippen molar-refractivity contribution in [3.8, 4) is 0 Å². The van der Waals surface area contributed by atoms with Crippen LogP contribution in [0.3, 0.4) is 0 Å². The van der Waals surface area contributed by atoms with Gasteiger partial charge in [0.2, 0.25) is 5.91 Å². The van der Waals surface area contributed by atoms with Crippen molar-refractivity contribution in [1.82, 2.24) is 4.90 Å². The standard InChI is InChI=1S/C13H26N2O/c1-4-5-6-12(14)13(16)15(10(2)3)9-11-7-8-11/h10-12H,4-9,14H2,1-3H3/t12-/m0/s1. The normalized spacial score (nSPS) is 17.6. The average Bonchev–Trinajstić information content (AvgIpc) is 3.04. The van der Waals surface area contributed by atoms with Crippen LogP contribution < -0.4 is 5.73 Å². The van der Waals surface area contributed by atoms with E-state index in [0.29, 0.717) is 0 Å². The lowest BCUT2D eigenvalue weighted by Crippen LogP contribution is -2.47. The second-order valence-corrected chi connectivity index (χ2v) is 5.28. The maximum Gasteiger partial charge on any atom is 0.239 e. The lowest BCUT2D eigenvalue weighted by molar-refractivity contribution is -0.134. The predicted octanol–water partition coefficient (Wildman–Crippen LogP) is 2.15. The fourth-order valence-corrected chi connectivity index (χ4v) is 1.89. The van der Waals surface area contributed by atoms with Crippen LogP contribution in [0.4, 0.5) is 0 Å². The molecule has 3 nitrogen and oxygen atoms in total. The zero-order valence-electron chi connectivity index (χ0n) is 10.9. The van der Waals surface area contributed by atoms with E-state index in [1.54, 1.807) is 0 Å². The number of carbonyl (C=O) groups is 1. The molecule has 0 aromatic carbocycles. The summed E-state index contributed by atoms with van der Waals surface area (Å²) in [7, 11) is 0. The number of amides is 1. The number of nitrogens with two attached hydrogens (primary N) is 1. The zero-order valence-corrected chi connectivity index (χ0v) is 10.9. The molecule has 0 aromatic rings. The molecule has 94 valence electrons. The molecule has 1 fully saturated rings. The topological polar surface area (TPSA) is 46.3 Å². The number of unbranched alkanes of at least 4 members (excludes halogenated alkanes) is 1. The summed E-state index contributed by atoms with van der Waals surface area (Å²) in [6.45, 7) is 7.19. The summed E-state index contributed by atoms with van der Waals surface area (Å²) < 4.78 is 0. The molecule has 0 heterocycles. The molecule has 2 N–H and O–H groups in total. The van der Waals surface area contributed by atoms with Crippen LogP contribution in [-0.2, 0) is 4.79 Å². The lowest BCUT2D eigenvalue weighted by atomic mass is 10.1. The third-order valence-corrected chi connectivity index (χ3v) is 3.24. The molecule has 1 rings (SSSR count). The van der Waals surface area contributed by atoms with Crippen molar-refractivity contribution in [2.75, 3.05) is 6.54 Å². The number of nitrogens with zero attached hydrogens (tertiary/aromatic N) is 1. The summed E-state index contributed by atoms with van der Waals surface area (Å²) in [6, 6.07) is -0.0122. The summed E-state index contributed by atoms with van der Waals surface area (Å²) in [5.74, 6) is 0.889. The Morgan fingerprint density at radius 1 is 1.44 bits per heavy atom. The Labute approximate surface area is 99.4 Å². The van der Waals surface area contributed by atoms with Crippen LogP contribution >= 0.6 is 0 Å². The Hall–Kier alpha value is -0.570. The van der Waals surface area contributed by atoms with Gasteiger partial charge in [-0.05, 0) is 39.0 Å². The molecule has 0 saturated heterocycles. The van der Waals surface area contributed by atoms with Gasteiger partial charge in [-0.25, -0.2) is 0 Å². The van der Waals surface area contributed by atoms with E-state index in [1.165, 1.54) is 12.8 Å². The van der Waals surface area contributed by atoms with Gasteiger partial charge >= 0.3 is 0 Å². The Balaban J connectivity index is 2.44. The van der Waals surface area contributed by atoms with Crippen LogP contribution in [0.1, 0.15) is 52.9 Å². The van der Waals surface area contributed by atoms with Gasteiger partial charge in [-0.2, -0.15) is 0 Å². The van der Waals surface area contributed by atoms with Crippen LogP contribution in [0, 0.1) is 5.92 Å². The Bertz CT molecular complexity index is 224. The van der Waals surface area contributed by atoms with Crippen LogP contribution in [0.15, 0.2) is 0 Å². The molecule has 0 aromatic heterocycles. The van der Waals surface area contributed by atoms with Gasteiger partial charge in [0, 0.05) is 12.6 Å². The zero-order chi connectivity index (χ0) is 12.1. The van der Waals surface area contributed by atoms with Crippen molar-refractivity contribution in [3.05, 3.63) is 0 Å². The highest BCUT2D eigenvalue weighted by Crippen LogP contribution is 2.30. The van der Waals surface area contributed by atoms with E-state index in [2.05, 4.69) is 20.8 Å². The minimum Gasteiger partial charge on any atom is -0.339 e. The summed E-state index contributed by atoms with van der Waals surface area (Å²) >= 11 is 0. The first kappa shape index (κ1) is 13.5. The van der Waals surface area contributed by atoms with Crippen molar-refractivity contribution in [2.24, 2.45) is 11.7 Å². The largest absolute Gasteiger partial charge is 0.339 e. The minimum atomic E-state index is -0.291. The minimum absolute atomic E-state index is 0.148. The molecule has 0 unspecified atom stereocenters. The van der Waals surface area contributed by atoms with Gasteiger partial charge < -0.3 is 10.6 Å². The van der Waals surface area contributed by atoms with Crippen LogP contribution in [0.5, 0.6) is 0 Å². The number of carbonyl (C=O) groups excluding carboxylic acids is 1. The summed E-state index contributed by atoms with van der Waals surface area (Å²) in [4.78, 5) is 14.1. The molecule has 3 heteroatoms. The third-order valence-electron chi connectivity index (χ3n) is 3.24. The summed E-state index contributed by atoms with van der Waals surface area (Å²) in [5, 5.41) is 0. The highest BCUT2D eigenvalue weighted by atomic mass is 16.2. The SMILES string of the molecule is CCCC[C@H](N)C(=O)N(CC1CC1)C(C)C. The molecule has 1 aliphatic carbocycles. The Kier molecular flexibility index (Phi) is 5.26. The molecular formula is C13H26N2O. The third kappa shape index (κ3) is 4.12. The van der Waals surface area contributed by atoms with E-state index in [9.17, 15) is 4.79 Å². The van der Waals surface area contributed by atoms with Gasteiger partial charge in [0.15, 0.2) is 0 Å². The maximum absolute atomic E-state index is 12.2. The van der Waals surface area contributed by atoms with Crippen molar-refractivity contribution in [2.45, 2.75) is 65.0 Å². The Morgan fingerprint density at radius 3 is 2.50 bits per heavy atom. The lowest BCUT2D eigenvalue weighted by Gasteiger charge is -2.29. The van der Waals surface area contributed by atoms with Gasteiger partial charge in [0.25, 0.3) is 0 Å². The molecule has 0 spiro atoms. The summed E-state index contributed by atoms with van der Waals surface area (Å²) in [6.07, 6.45) is 5.53. The van der Waals surface area contributed by atoms with Crippen molar-refractivity contribution >= 4 is 5.91 Å². The van der Waals surface area contributed by atoms with E-state index in [1.807, 2.05) is 4.90 Å². The number of rotatable bonds is 7. The average molecular weight is 226 g/mol. The van der Waals surface area contributed by atoms with E-state index in [-0.39, 0.29) is 18.0 Å². The van der Waals surface area contributed by atoms with Gasteiger partial charge in [0.05, 0.1) is 6.04 Å². The number of hydrogen-bond donors (Lipinski definition) is 1. The molecule has 0 bridgehead atoms. The van der Waals surface area contributed by atoms with Gasteiger partial charge in [0.1, 0.15) is 0 Å². The molecule has 1 atom stereocenters. The Morgan fingerprint density at radius 2 is 2.06 bits per heavy atom. The molecule has 1 amide bonds. The molecule has 16 heavy (non-hydrogen) atoms. The highest BCUT2D eigenvalue weighted by molar-refractivity contribution is 5.81. The van der Waals surface area contributed by atoms with Crippen LogP contribution in [0.25, 0.3) is 0 Å². The molecule has 1 saturated carbocycles. The second kappa shape index (κ2) is 6.24. The fraction of sp³-hybridized carbons (Fsp3) is 0.923. The van der Waals surface area contributed by atoms with Crippen molar-refractivity contribution in [1.29, 1.82) is 0 Å². The number of hydrogen-bond acceptors (Lipinski definition) is 2. The molecule has 1 aliphatic rings. The first-order chi connectivity index (χ1) is 7.56. The predicted molar refractivity (Wildman–Crippen MR) is 67.1 cm³/mol. The quantitative estimate of drug-likeness (QED) is 0.723. The highest BCUT2D eigenvalue weighted by Gasteiger charge is 2.30. The molecule has 0 aliphatic heterocycles. The van der Waals surface area contributed by atoms with Gasteiger partial charge in [-0.15, -0.1) is 0 Å². The van der Waals surface area contributed by atoms with E-state index in [4.69, 9.17) is 5.73 Å².